The summed E-state index contributed by atoms with van der Waals surface area (Å²) in [7, 11) is 1.96. The van der Waals surface area contributed by atoms with Gasteiger partial charge in [-0.1, -0.05) is 25.4 Å². The molecule has 8 nitrogen and oxygen atoms in total. The van der Waals surface area contributed by atoms with E-state index in [1.54, 1.807) is 13.8 Å². The van der Waals surface area contributed by atoms with Gasteiger partial charge >= 0.3 is 0 Å². The lowest BCUT2D eigenvalue weighted by atomic mass is 9.87. The lowest BCUT2D eigenvalue weighted by Crippen LogP contribution is -2.52. The molecule has 0 spiro atoms. The summed E-state index contributed by atoms with van der Waals surface area (Å²) in [6.45, 7) is 6.69. The van der Waals surface area contributed by atoms with Crippen molar-refractivity contribution in [1.82, 2.24) is 20.6 Å². The average Bonchev–Trinajstić information content (AvgIpc) is 3.79. The molecular formula is C29H38ClF2N7O. The monoisotopic (exact) mass is 573 g/mol. The van der Waals surface area contributed by atoms with Gasteiger partial charge in [0.25, 0.3) is 5.92 Å². The number of ether oxygens (including phenoxy) is 1. The zero-order valence-electron chi connectivity index (χ0n) is 23.3. The fourth-order valence-corrected chi connectivity index (χ4v) is 6.22. The zero-order valence-corrected chi connectivity index (χ0v) is 24.1. The van der Waals surface area contributed by atoms with Crippen LogP contribution in [0.25, 0.3) is 5.70 Å². The van der Waals surface area contributed by atoms with Crippen LogP contribution in [0, 0.1) is 17.8 Å². The molecule has 0 amide bonds. The number of halogens is 3. The molecule has 216 valence electrons. The van der Waals surface area contributed by atoms with Gasteiger partial charge in [0, 0.05) is 67.4 Å². The van der Waals surface area contributed by atoms with Crippen LogP contribution in [0.2, 0.25) is 5.02 Å². The fraction of sp³-hybridized carbons (Fsp3) is 0.586. The number of anilines is 4. The number of nitrogens with zero attached hydrogens (tertiary/aromatic N) is 4. The fourth-order valence-electron chi connectivity index (χ4n) is 6.08. The summed E-state index contributed by atoms with van der Waals surface area (Å²) in [4.78, 5) is 13.2. The Balaban J connectivity index is 1.29. The highest BCUT2D eigenvalue weighted by Crippen LogP contribution is 2.42. The molecule has 3 atom stereocenters. The lowest BCUT2D eigenvalue weighted by molar-refractivity contribution is -0.105. The van der Waals surface area contributed by atoms with E-state index in [-0.39, 0.29) is 13.1 Å². The van der Waals surface area contributed by atoms with Crippen LogP contribution >= 0.6 is 11.6 Å². The number of hydrogen-bond acceptors (Lipinski definition) is 8. The van der Waals surface area contributed by atoms with Gasteiger partial charge in [0.1, 0.15) is 10.8 Å². The number of likely N-dealkylation sites (N-methyl/N-ethyl adjacent to an activating group) is 1. The Hall–Kier alpha value is -2.85. The molecule has 11 heteroatoms. The zero-order chi connectivity index (χ0) is 28.0. The van der Waals surface area contributed by atoms with Crippen LogP contribution in [0.3, 0.4) is 0 Å². The number of piperidine rings is 1. The van der Waals surface area contributed by atoms with Crippen LogP contribution in [-0.4, -0.2) is 68.3 Å². The largest absolute Gasteiger partial charge is 0.494 e. The van der Waals surface area contributed by atoms with Gasteiger partial charge in [-0.05, 0) is 44.0 Å². The Labute approximate surface area is 239 Å². The maximum atomic E-state index is 14.4. The topological polar surface area (TPSA) is 77.6 Å². The molecule has 2 fully saturated rings. The highest BCUT2D eigenvalue weighted by molar-refractivity contribution is 6.32. The Morgan fingerprint density at radius 3 is 2.67 bits per heavy atom. The first kappa shape index (κ1) is 27.3. The average molecular weight is 574 g/mol. The van der Waals surface area contributed by atoms with Crippen molar-refractivity contribution in [2.45, 2.75) is 45.1 Å². The minimum atomic E-state index is -2.71. The van der Waals surface area contributed by atoms with Crippen LogP contribution in [-0.2, 0) is 4.74 Å². The van der Waals surface area contributed by atoms with Gasteiger partial charge in [-0.3, -0.25) is 0 Å². The summed E-state index contributed by atoms with van der Waals surface area (Å²) >= 11 is 6.52. The number of alkyl halides is 2. The first-order chi connectivity index (χ1) is 19.2. The van der Waals surface area contributed by atoms with Gasteiger partial charge < -0.3 is 30.5 Å². The van der Waals surface area contributed by atoms with Crippen molar-refractivity contribution in [1.29, 1.82) is 0 Å². The molecule has 4 heterocycles. The first-order valence-electron chi connectivity index (χ1n) is 14.3. The van der Waals surface area contributed by atoms with Gasteiger partial charge in [-0.2, -0.15) is 4.98 Å². The molecule has 1 saturated heterocycles. The van der Waals surface area contributed by atoms with Crippen LogP contribution in [0.1, 0.15) is 38.7 Å². The van der Waals surface area contributed by atoms with Crippen molar-refractivity contribution in [3.63, 3.8) is 0 Å². The van der Waals surface area contributed by atoms with Gasteiger partial charge in [0.15, 0.2) is 5.82 Å². The summed E-state index contributed by atoms with van der Waals surface area (Å²) < 4.78 is 35.2. The molecule has 1 aromatic carbocycles. The van der Waals surface area contributed by atoms with E-state index in [9.17, 15) is 8.78 Å². The molecule has 0 radical (unpaired) electrons. The van der Waals surface area contributed by atoms with Crippen LogP contribution in [0.5, 0.6) is 0 Å². The third-order valence-corrected chi connectivity index (χ3v) is 8.93. The molecule has 1 aliphatic carbocycles. The van der Waals surface area contributed by atoms with E-state index < -0.39 is 17.8 Å². The normalized spacial score (nSPS) is 25.9. The third kappa shape index (κ3) is 5.28. The SMILES string of the molecule is CNCCN1CC2=C(N[C@@H](C3CC3)CCO2)c2cc(Nc3nc(N4C[C@@H](C)C(F)(F)[C@@H](C)C4)ncc3Cl)ccc21. The minimum absolute atomic E-state index is 0.185. The predicted molar refractivity (Wildman–Crippen MR) is 156 cm³/mol. The molecule has 2 aromatic rings. The molecule has 1 saturated carbocycles. The molecule has 4 aliphatic rings. The van der Waals surface area contributed by atoms with Crippen molar-refractivity contribution in [3.8, 4) is 0 Å². The molecule has 0 bridgehead atoms. The highest BCUT2D eigenvalue weighted by Gasteiger charge is 2.47. The Morgan fingerprint density at radius 1 is 1.18 bits per heavy atom. The summed E-state index contributed by atoms with van der Waals surface area (Å²) in [6.07, 6.45) is 5.07. The van der Waals surface area contributed by atoms with Gasteiger partial charge in [0.2, 0.25) is 5.95 Å². The Morgan fingerprint density at radius 2 is 1.95 bits per heavy atom. The quantitative estimate of drug-likeness (QED) is 0.422. The number of hydrogen-bond donors (Lipinski definition) is 3. The lowest BCUT2D eigenvalue weighted by Gasteiger charge is -2.41. The number of nitrogens with one attached hydrogen (secondary N) is 3. The van der Waals surface area contributed by atoms with E-state index in [0.717, 1.165) is 61.1 Å². The third-order valence-electron chi connectivity index (χ3n) is 8.66. The minimum Gasteiger partial charge on any atom is -0.494 e. The predicted octanol–water partition coefficient (Wildman–Crippen LogP) is 5.10. The maximum absolute atomic E-state index is 14.4. The molecule has 40 heavy (non-hydrogen) atoms. The van der Waals surface area contributed by atoms with Crippen molar-refractivity contribution in [3.05, 3.63) is 40.7 Å². The second-order valence-electron chi connectivity index (χ2n) is 11.7. The number of fused-ring (bicyclic) bond motifs is 2. The second kappa shape index (κ2) is 10.9. The second-order valence-corrected chi connectivity index (χ2v) is 12.1. The van der Waals surface area contributed by atoms with Gasteiger partial charge in [-0.15, -0.1) is 0 Å². The molecule has 6 rings (SSSR count). The standard InChI is InChI=1S/C29H38ClF2N7O/c1-17-14-39(15-18(2)29(17,31)32)28-34-13-22(30)27(37-28)35-20-6-7-24-21(12-20)26-25(16-38(24)10-9-33-3)40-11-8-23(36-26)19-4-5-19/h6-7,12-13,17-19,23,33,36H,4-5,8-11,14-16H2,1-3H3,(H,34,35,37)/t17-,18+,23-/m1/s1. The van der Waals surface area contributed by atoms with Gasteiger partial charge in [-0.25, -0.2) is 13.8 Å². The first-order valence-corrected chi connectivity index (χ1v) is 14.7. The van der Waals surface area contributed by atoms with E-state index in [2.05, 4.69) is 43.0 Å². The number of benzene rings is 1. The van der Waals surface area contributed by atoms with Crippen LogP contribution in [0.4, 0.5) is 31.9 Å². The number of rotatable bonds is 7. The van der Waals surface area contributed by atoms with Crippen molar-refractivity contribution >= 4 is 40.4 Å². The van der Waals surface area contributed by atoms with E-state index in [0.29, 0.717) is 28.7 Å². The van der Waals surface area contributed by atoms with E-state index in [4.69, 9.17) is 16.3 Å². The highest BCUT2D eigenvalue weighted by atomic mass is 35.5. The van der Waals surface area contributed by atoms with Crippen molar-refractivity contribution in [2.24, 2.45) is 17.8 Å². The number of aromatic nitrogens is 2. The van der Waals surface area contributed by atoms with Crippen LogP contribution < -0.4 is 25.8 Å². The Kier molecular flexibility index (Phi) is 7.41. The van der Waals surface area contributed by atoms with E-state index in [1.807, 2.05) is 18.0 Å². The molecule has 1 aromatic heterocycles. The van der Waals surface area contributed by atoms with Gasteiger partial charge in [0.05, 0.1) is 25.0 Å². The summed E-state index contributed by atoms with van der Waals surface area (Å²) in [5, 5.41) is 10.8. The summed E-state index contributed by atoms with van der Waals surface area (Å²) in [5.41, 5.74) is 4.13. The van der Waals surface area contributed by atoms with E-state index >= 15 is 0 Å². The van der Waals surface area contributed by atoms with Crippen LogP contribution in [0.15, 0.2) is 30.2 Å². The smallest absolute Gasteiger partial charge is 0.256 e. The molecule has 3 N–H and O–H groups in total. The maximum Gasteiger partial charge on any atom is 0.256 e. The summed E-state index contributed by atoms with van der Waals surface area (Å²) in [6, 6.07) is 6.69. The molecular weight excluding hydrogens is 536 g/mol. The van der Waals surface area contributed by atoms with Crippen molar-refractivity contribution in [2.75, 3.05) is 61.5 Å². The summed E-state index contributed by atoms with van der Waals surface area (Å²) in [5.74, 6) is -1.77. The molecule has 0 unspecified atom stereocenters. The van der Waals surface area contributed by atoms with Crippen molar-refractivity contribution < 1.29 is 13.5 Å². The van der Waals surface area contributed by atoms with E-state index in [1.165, 1.54) is 19.0 Å². The Bertz CT molecular complexity index is 1270. The molecule has 3 aliphatic heterocycles.